The van der Waals surface area contributed by atoms with Crippen molar-refractivity contribution in [3.8, 4) is 0 Å². The van der Waals surface area contributed by atoms with Crippen LogP contribution in [0.25, 0.3) is 0 Å². The minimum Gasteiger partial charge on any atom is -0.465 e. The Morgan fingerprint density at radius 3 is 1.37 bits per heavy atom. The zero-order valence-electron chi connectivity index (χ0n) is 10.8. The lowest BCUT2D eigenvalue weighted by molar-refractivity contribution is 0.149. The number of carboxylic acid groups (broad SMARTS) is 2. The van der Waals surface area contributed by atoms with Gasteiger partial charge in [-0.3, -0.25) is 9.80 Å². The summed E-state index contributed by atoms with van der Waals surface area (Å²) in [7, 11) is 0.680. The number of rotatable bonds is 2. The standard InChI is InChI=1S/C11H18N2O4S2/c14-10(15)12-1-5-18(6-2-12)9-19-7-3-13(4-8-19)11(16)17/h1-9H2/p+2. The van der Waals surface area contributed by atoms with E-state index in [0.29, 0.717) is 48.0 Å². The summed E-state index contributed by atoms with van der Waals surface area (Å²) in [6, 6.07) is 0. The third kappa shape index (κ3) is 4.10. The quantitative estimate of drug-likeness (QED) is 0.713. The highest BCUT2D eigenvalue weighted by Crippen LogP contribution is 2.15. The van der Waals surface area contributed by atoms with Crippen molar-refractivity contribution in [2.45, 2.75) is 0 Å². The summed E-state index contributed by atoms with van der Waals surface area (Å²) in [5.74, 6) is 3.94. The predicted molar refractivity (Wildman–Crippen MR) is 78.3 cm³/mol. The van der Waals surface area contributed by atoms with Crippen LogP contribution in [0.5, 0.6) is 0 Å². The van der Waals surface area contributed by atoms with E-state index in [1.54, 1.807) is 0 Å². The lowest BCUT2D eigenvalue weighted by Crippen LogP contribution is -2.48. The van der Waals surface area contributed by atoms with Gasteiger partial charge in [0.1, 0.15) is 23.0 Å². The van der Waals surface area contributed by atoms with Crippen LogP contribution in [0.1, 0.15) is 0 Å². The first-order valence-electron chi connectivity index (χ1n) is 6.30. The highest BCUT2D eigenvalue weighted by molar-refractivity contribution is 8.13. The summed E-state index contributed by atoms with van der Waals surface area (Å²) in [5, 5.41) is 19.0. The second kappa shape index (κ2) is 6.60. The molecule has 2 heterocycles. The number of amides is 2. The molecule has 2 aliphatic rings. The molecule has 108 valence electrons. The van der Waals surface area contributed by atoms with Crippen LogP contribution in [0.3, 0.4) is 0 Å². The van der Waals surface area contributed by atoms with Crippen LogP contribution in [0.4, 0.5) is 9.59 Å². The molecular formula is C11H20N2O4S2+2. The third-order valence-corrected chi connectivity index (χ3v) is 9.18. The third-order valence-electron chi connectivity index (χ3n) is 3.47. The van der Waals surface area contributed by atoms with E-state index in [2.05, 4.69) is 0 Å². The molecule has 8 heteroatoms. The van der Waals surface area contributed by atoms with Crippen LogP contribution in [-0.2, 0) is 21.8 Å². The summed E-state index contributed by atoms with van der Waals surface area (Å²) in [6.07, 6.45) is -1.61. The maximum absolute atomic E-state index is 10.8. The Bertz CT molecular complexity index is 308. The summed E-state index contributed by atoms with van der Waals surface area (Å²) in [5.41, 5.74) is 0. The highest BCUT2D eigenvalue weighted by atomic mass is 32.3. The second-order valence-corrected chi connectivity index (χ2v) is 9.72. The molecule has 2 rings (SSSR count). The van der Waals surface area contributed by atoms with E-state index in [1.165, 1.54) is 14.9 Å². The Hall–Kier alpha value is -0.760. The molecule has 0 aliphatic carbocycles. The minimum absolute atomic E-state index is 0.340. The van der Waals surface area contributed by atoms with Gasteiger partial charge in [-0.15, -0.1) is 0 Å². The van der Waals surface area contributed by atoms with Crippen molar-refractivity contribution in [3.05, 3.63) is 0 Å². The molecule has 0 saturated carbocycles. The molecule has 0 aromatic rings. The zero-order valence-corrected chi connectivity index (χ0v) is 12.4. The lowest BCUT2D eigenvalue weighted by atomic mass is 10.5. The molecule has 19 heavy (non-hydrogen) atoms. The summed E-state index contributed by atoms with van der Waals surface area (Å²) >= 11 is 0. The highest BCUT2D eigenvalue weighted by Gasteiger charge is 2.38. The monoisotopic (exact) mass is 308 g/mol. The van der Waals surface area contributed by atoms with Crippen molar-refractivity contribution >= 4 is 34.0 Å². The SMILES string of the molecule is O=C(O)N1CC[S+](C[S+]2CCN(C(=O)O)CC2)CC1. The summed E-state index contributed by atoms with van der Waals surface area (Å²) in [6.45, 7) is 2.65. The van der Waals surface area contributed by atoms with Crippen LogP contribution >= 0.6 is 0 Å². The summed E-state index contributed by atoms with van der Waals surface area (Å²) in [4.78, 5) is 24.6. The Kier molecular flexibility index (Phi) is 5.09. The average Bonchev–Trinajstić information content (AvgIpc) is 2.40. The normalized spacial score (nSPS) is 22.5. The maximum atomic E-state index is 10.8. The molecule has 2 saturated heterocycles. The van der Waals surface area contributed by atoms with Gasteiger partial charge in [-0.1, -0.05) is 0 Å². The summed E-state index contributed by atoms with van der Waals surface area (Å²) < 4.78 is 0. The molecule has 2 amide bonds. The Balaban J connectivity index is 1.69. The van der Waals surface area contributed by atoms with E-state index in [4.69, 9.17) is 10.2 Å². The van der Waals surface area contributed by atoms with E-state index >= 15 is 0 Å². The van der Waals surface area contributed by atoms with Crippen LogP contribution in [0, 0.1) is 0 Å². The average molecular weight is 308 g/mol. The van der Waals surface area contributed by atoms with E-state index in [9.17, 15) is 9.59 Å². The Labute approximate surface area is 118 Å². The Morgan fingerprint density at radius 1 is 0.789 bits per heavy atom. The van der Waals surface area contributed by atoms with Crippen LogP contribution in [0.2, 0.25) is 0 Å². The van der Waals surface area contributed by atoms with E-state index in [0.717, 1.165) is 23.0 Å². The topological polar surface area (TPSA) is 81.1 Å². The predicted octanol–water partition coefficient (Wildman–Crippen LogP) is 0.168. The van der Waals surface area contributed by atoms with Gasteiger partial charge < -0.3 is 10.2 Å². The molecule has 0 aromatic carbocycles. The van der Waals surface area contributed by atoms with Crippen molar-refractivity contribution in [2.24, 2.45) is 0 Å². The van der Waals surface area contributed by atoms with E-state index in [-0.39, 0.29) is 0 Å². The molecule has 0 atom stereocenters. The molecule has 0 bridgehead atoms. The van der Waals surface area contributed by atoms with E-state index < -0.39 is 12.2 Å². The Morgan fingerprint density at radius 2 is 1.11 bits per heavy atom. The van der Waals surface area contributed by atoms with Gasteiger partial charge in [0.2, 0.25) is 0 Å². The van der Waals surface area contributed by atoms with Gasteiger partial charge in [-0.2, -0.15) is 0 Å². The lowest BCUT2D eigenvalue weighted by Gasteiger charge is -2.26. The van der Waals surface area contributed by atoms with Gasteiger partial charge in [-0.05, 0) is 0 Å². The number of hydrogen-bond acceptors (Lipinski definition) is 2. The van der Waals surface area contributed by atoms with Crippen molar-refractivity contribution in [1.82, 2.24) is 9.80 Å². The van der Waals surface area contributed by atoms with Gasteiger partial charge in [0.25, 0.3) is 5.08 Å². The van der Waals surface area contributed by atoms with Crippen LogP contribution < -0.4 is 0 Å². The molecule has 0 spiro atoms. The van der Waals surface area contributed by atoms with Crippen LogP contribution in [-0.4, -0.2) is 86.5 Å². The molecule has 0 aromatic heterocycles. The van der Waals surface area contributed by atoms with Crippen molar-refractivity contribution in [1.29, 1.82) is 0 Å². The number of nitrogens with zero attached hydrogens (tertiary/aromatic N) is 2. The minimum atomic E-state index is -0.805. The van der Waals surface area contributed by atoms with Crippen molar-refractivity contribution < 1.29 is 19.8 Å². The first-order chi connectivity index (χ1) is 9.06. The van der Waals surface area contributed by atoms with Crippen molar-refractivity contribution in [3.63, 3.8) is 0 Å². The van der Waals surface area contributed by atoms with Gasteiger partial charge in [0, 0.05) is 21.8 Å². The molecule has 2 N–H and O–H groups in total. The van der Waals surface area contributed by atoms with E-state index in [1.807, 2.05) is 0 Å². The first-order valence-corrected chi connectivity index (χ1v) is 9.76. The van der Waals surface area contributed by atoms with Gasteiger partial charge >= 0.3 is 12.2 Å². The zero-order chi connectivity index (χ0) is 13.8. The fourth-order valence-electron chi connectivity index (χ4n) is 2.24. The van der Waals surface area contributed by atoms with Gasteiger partial charge in [0.15, 0.2) is 0 Å². The number of carbonyl (C=O) groups is 2. The first kappa shape index (κ1) is 14.6. The maximum Gasteiger partial charge on any atom is 0.407 e. The number of hydrogen-bond donors (Lipinski definition) is 2. The van der Waals surface area contributed by atoms with Crippen LogP contribution in [0.15, 0.2) is 0 Å². The van der Waals surface area contributed by atoms with Gasteiger partial charge in [-0.25, -0.2) is 9.59 Å². The van der Waals surface area contributed by atoms with Crippen molar-refractivity contribution in [2.75, 3.05) is 54.3 Å². The van der Waals surface area contributed by atoms with Gasteiger partial charge in [0.05, 0.1) is 26.2 Å². The molecule has 2 aliphatic heterocycles. The molecule has 6 nitrogen and oxygen atoms in total. The largest absolute Gasteiger partial charge is 0.465 e. The smallest absolute Gasteiger partial charge is 0.407 e. The fraction of sp³-hybridized carbons (Fsp3) is 0.818. The molecular weight excluding hydrogens is 288 g/mol. The molecule has 2 fully saturated rings. The second-order valence-electron chi connectivity index (χ2n) is 4.70. The fourth-order valence-corrected chi connectivity index (χ4v) is 8.33. The molecule has 0 radical (unpaired) electrons. The molecule has 0 unspecified atom stereocenters.